The number of nitrogens with zero attached hydrogens (tertiary/aromatic N) is 2. The summed E-state index contributed by atoms with van der Waals surface area (Å²) in [5, 5.41) is 0. The van der Waals surface area contributed by atoms with Crippen LogP contribution in [0.15, 0.2) is 67.0 Å². The SMILES string of the molecule is CCc1ccc(-n2ccc([C@@H]3OCCN3c3ccc(OC)cc3)c2)cc1. The Morgan fingerprint density at radius 2 is 1.73 bits per heavy atom. The second-order valence-corrected chi connectivity index (χ2v) is 6.49. The van der Waals surface area contributed by atoms with Gasteiger partial charge in [0.1, 0.15) is 5.75 Å². The molecule has 3 aromatic rings. The third-order valence-electron chi connectivity index (χ3n) is 4.94. The lowest BCUT2D eigenvalue weighted by Crippen LogP contribution is -2.22. The number of methoxy groups -OCH3 is 1. The number of aromatic nitrogens is 1. The first-order valence-electron chi connectivity index (χ1n) is 9.08. The van der Waals surface area contributed by atoms with E-state index >= 15 is 0 Å². The highest BCUT2D eigenvalue weighted by Gasteiger charge is 2.28. The molecule has 1 fully saturated rings. The van der Waals surface area contributed by atoms with E-state index in [1.54, 1.807) is 7.11 Å². The molecular weight excluding hydrogens is 324 g/mol. The zero-order chi connectivity index (χ0) is 17.9. The quantitative estimate of drug-likeness (QED) is 0.675. The minimum atomic E-state index is -0.0560. The van der Waals surface area contributed by atoms with Gasteiger partial charge >= 0.3 is 0 Å². The summed E-state index contributed by atoms with van der Waals surface area (Å²) in [5.74, 6) is 0.868. The van der Waals surface area contributed by atoms with E-state index in [1.807, 2.05) is 12.1 Å². The largest absolute Gasteiger partial charge is 0.497 e. The number of hydrogen-bond donors (Lipinski definition) is 0. The van der Waals surface area contributed by atoms with Crippen molar-refractivity contribution < 1.29 is 9.47 Å². The van der Waals surface area contributed by atoms with Crippen LogP contribution < -0.4 is 9.64 Å². The van der Waals surface area contributed by atoms with Crippen molar-refractivity contribution >= 4 is 5.69 Å². The van der Waals surface area contributed by atoms with Crippen LogP contribution in [0.3, 0.4) is 0 Å². The van der Waals surface area contributed by atoms with Gasteiger partial charge in [-0.3, -0.25) is 0 Å². The summed E-state index contributed by atoms with van der Waals surface area (Å²) in [6.45, 7) is 3.79. The lowest BCUT2D eigenvalue weighted by Gasteiger charge is -2.24. The molecule has 0 aliphatic carbocycles. The fourth-order valence-electron chi connectivity index (χ4n) is 3.41. The number of aryl methyl sites for hydroxylation is 1. The summed E-state index contributed by atoms with van der Waals surface area (Å²) in [5.41, 5.74) is 4.83. The zero-order valence-electron chi connectivity index (χ0n) is 15.3. The van der Waals surface area contributed by atoms with Crippen molar-refractivity contribution in [1.29, 1.82) is 0 Å². The first kappa shape index (κ1) is 16.7. The average Bonchev–Trinajstić information content (AvgIpc) is 3.37. The maximum Gasteiger partial charge on any atom is 0.158 e. The first-order valence-corrected chi connectivity index (χ1v) is 9.08. The van der Waals surface area contributed by atoms with Crippen molar-refractivity contribution in [3.63, 3.8) is 0 Å². The first-order chi connectivity index (χ1) is 12.8. The molecule has 4 rings (SSSR count). The fourth-order valence-corrected chi connectivity index (χ4v) is 3.41. The van der Waals surface area contributed by atoms with Crippen LogP contribution in [-0.2, 0) is 11.2 Å². The molecule has 0 N–H and O–H groups in total. The molecule has 0 amide bonds. The molecule has 1 aromatic heterocycles. The van der Waals surface area contributed by atoms with Crippen molar-refractivity contribution in [2.45, 2.75) is 19.6 Å². The molecule has 1 saturated heterocycles. The molecule has 4 nitrogen and oxygen atoms in total. The van der Waals surface area contributed by atoms with Gasteiger partial charge in [0.15, 0.2) is 6.23 Å². The zero-order valence-corrected chi connectivity index (χ0v) is 15.3. The van der Waals surface area contributed by atoms with Gasteiger partial charge in [0, 0.05) is 35.9 Å². The highest BCUT2D eigenvalue weighted by molar-refractivity contribution is 5.51. The average molecular weight is 348 g/mol. The summed E-state index contributed by atoms with van der Waals surface area (Å²) in [7, 11) is 1.69. The van der Waals surface area contributed by atoms with Crippen molar-refractivity contribution in [2.24, 2.45) is 0 Å². The molecule has 0 spiro atoms. The van der Waals surface area contributed by atoms with Crippen molar-refractivity contribution in [3.8, 4) is 11.4 Å². The highest BCUT2D eigenvalue weighted by Crippen LogP contribution is 2.33. The van der Waals surface area contributed by atoms with E-state index in [4.69, 9.17) is 9.47 Å². The van der Waals surface area contributed by atoms with Gasteiger partial charge in [0.25, 0.3) is 0 Å². The van der Waals surface area contributed by atoms with Crippen LogP contribution in [0, 0.1) is 0 Å². The van der Waals surface area contributed by atoms with Gasteiger partial charge in [-0.05, 0) is 54.4 Å². The summed E-state index contributed by atoms with van der Waals surface area (Å²) < 4.78 is 13.4. The van der Waals surface area contributed by atoms with Crippen molar-refractivity contribution in [1.82, 2.24) is 4.57 Å². The van der Waals surface area contributed by atoms with E-state index in [1.165, 1.54) is 11.3 Å². The van der Waals surface area contributed by atoms with Gasteiger partial charge in [0.2, 0.25) is 0 Å². The molecule has 0 radical (unpaired) electrons. The summed E-state index contributed by atoms with van der Waals surface area (Å²) in [6.07, 6.45) is 5.27. The van der Waals surface area contributed by atoms with Gasteiger partial charge in [0.05, 0.1) is 13.7 Å². The molecule has 2 aromatic carbocycles. The van der Waals surface area contributed by atoms with Gasteiger partial charge in [-0.1, -0.05) is 19.1 Å². The predicted molar refractivity (Wildman–Crippen MR) is 104 cm³/mol. The van der Waals surface area contributed by atoms with Gasteiger partial charge < -0.3 is 18.9 Å². The molecule has 0 saturated carbocycles. The Morgan fingerprint density at radius 1 is 1.00 bits per heavy atom. The third kappa shape index (κ3) is 3.20. The summed E-state index contributed by atoms with van der Waals surface area (Å²) in [4.78, 5) is 2.29. The van der Waals surface area contributed by atoms with E-state index in [2.05, 4.69) is 71.2 Å². The molecule has 0 bridgehead atoms. The minimum absolute atomic E-state index is 0.0560. The smallest absolute Gasteiger partial charge is 0.158 e. The van der Waals surface area contributed by atoms with E-state index < -0.39 is 0 Å². The van der Waals surface area contributed by atoms with Gasteiger partial charge in [-0.25, -0.2) is 0 Å². The number of ether oxygens (including phenoxy) is 2. The molecule has 4 heteroatoms. The molecule has 2 heterocycles. The van der Waals surface area contributed by atoms with Crippen molar-refractivity contribution in [2.75, 3.05) is 25.2 Å². The van der Waals surface area contributed by atoms with Crippen LogP contribution in [0.1, 0.15) is 24.3 Å². The second-order valence-electron chi connectivity index (χ2n) is 6.49. The van der Waals surface area contributed by atoms with Crippen LogP contribution in [0.2, 0.25) is 0 Å². The van der Waals surface area contributed by atoms with Crippen LogP contribution in [0.5, 0.6) is 5.75 Å². The Bertz CT molecular complexity index is 853. The molecule has 1 aliphatic rings. The van der Waals surface area contributed by atoms with E-state index in [0.29, 0.717) is 0 Å². The monoisotopic (exact) mass is 348 g/mol. The summed E-state index contributed by atoms with van der Waals surface area (Å²) in [6, 6.07) is 19.0. The van der Waals surface area contributed by atoms with Crippen molar-refractivity contribution in [3.05, 3.63) is 78.1 Å². The Hall–Kier alpha value is -2.72. The number of benzene rings is 2. The number of rotatable bonds is 5. The Morgan fingerprint density at radius 3 is 2.42 bits per heavy atom. The lowest BCUT2D eigenvalue weighted by atomic mass is 10.1. The third-order valence-corrected chi connectivity index (χ3v) is 4.94. The Kier molecular flexibility index (Phi) is 4.67. The van der Waals surface area contributed by atoms with Gasteiger partial charge in [-0.2, -0.15) is 0 Å². The molecular formula is C22H24N2O2. The maximum absolute atomic E-state index is 6.03. The van der Waals surface area contributed by atoms with Gasteiger partial charge in [-0.15, -0.1) is 0 Å². The second kappa shape index (κ2) is 7.26. The van der Waals surface area contributed by atoms with E-state index in [-0.39, 0.29) is 6.23 Å². The summed E-state index contributed by atoms with van der Waals surface area (Å²) >= 11 is 0. The normalized spacial score (nSPS) is 16.8. The van der Waals surface area contributed by atoms with E-state index in [9.17, 15) is 0 Å². The van der Waals surface area contributed by atoms with Crippen LogP contribution in [0.4, 0.5) is 5.69 Å². The minimum Gasteiger partial charge on any atom is -0.497 e. The molecule has 134 valence electrons. The maximum atomic E-state index is 6.03. The molecule has 1 atom stereocenters. The van der Waals surface area contributed by atoms with Crippen LogP contribution >= 0.6 is 0 Å². The highest BCUT2D eigenvalue weighted by atomic mass is 16.5. The van der Waals surface area contributed by atoms with Crippen LogP contribution in [0.25, 0.3) is 5.69 Å². The van der Waals surface area contributed by atoms with E-state index in [0.717, 1.165) is 36.6 Å². The predicted octanol–water partition coefficient (Wildman–Crippen LogP) is 4.58. The Balaban J connectivity index is 1.57. The Labute approximate surface area is 154 Å². The lowest BCUT2D eigenvalue weighted by molar-refractivity contribution is 0.114. The van der Waals surface area contributed by atoms with Crippen LogP contribution in [-0.4, -0.2) is 24.8 Å². The molecule has 0 unspecified atom stereocenters. The molecule has 26 heavy (non-hydrogen) atoms. The topological polar surface area (TPSA) is 26.6 Å². The number of hydrogen-bond acceptors (Lipinski definition) is 3. The molecule has 1 aliphatic heterocycles. The standard InChI is InChI=1S/C22H24N2O2/c1-3-17-4-6-19(7-5-17)23-13-12-18(16-23)22-24(14-15-26-22)20-8-10-21(25-2)11-9-20/h4-13,16,22H,3,14-15H2,1-2H3/t22-/m0/s1. The fraction of sp³-hybridized carbons (Fsp3) is 0.273. The number of anilines is 1.